The number of carbonyl (C=O) groups is 1. The highest BCUT2D eigenvalue weighted by Gasteiger charge is 2.13. The van der Waals surface area contributed by atoms with E-state index in [1.54, 1.807) is 0 Å². The summed E-state index contributed by atoms with van der Waals surface area (Å²) < 4.78 is 0. The summed E-state index contributed by atoms with van der Waals surface area (Å²) in [6, 6.07) is 0. The average molecular weight is 217 g/mol. The molecule has 0 aliphatic carbocycles. The van der Waals surface area contributed by atoms with Crippen molar-refractivity contribution in [2.45, 2.75) is 20.8 Å². The first-order valence-corrected chi connectivity index (χ1v) is 4.66. The van der Waals surface area contributed by atoms with Gasteiger partial charge in [-0.1, -0.05) is 23.2 Å². The number of rotatable bonds is 1. The molecular weight excluding hydrogens is 207 g/mol. The smallest absolute Gasteiger partial charge is 0.150 e. The highest BCUT2D eigenvalue weighted by atomic mass is 35.5. The van der Waals surface area contributed by atoms with Crippen LogP contribution in [0.5, 0.6) is 0 Å². The molecule has 0 saturated carbocycles. The molecule has 0 fully saturated rings. The van der Waals surface area contributed by atoms with Crippen LogP contribution in [0.1, 0.15) is 27.0 Å². The molecule has 0 bridgehead atoms. The third kappa shape index (κ3) is 1.59. The van der Waals surface area contributed by atoms with Crippen LogP contribution in [-0.2, 0) is 0 Å². The Morgan fingerprint density at radius 3 is 1.62 bits per heavy atom. The number of aldehydes is 1. The minimum atomic E-state index is 0.581. The Morgan fingerprint density at radius 2 is 1.31 bits per heavy atom. The summed E-state index contributed by atoms with van der Waals surface area (Å²) in [5.41, 5.74) is 3.04. The zero-order valence-corrected chi connectivity index (χ0v) is 9.25. The van der Waals surface area contributed by atoms with Gasteiger partial charge < -0.3 is 0 Å². The van der Waals surface area contributed by atoms with Gasteiger partial charge in [0.2, 0.25) is 0 Å². The largest absolute Gasteiger partial charge is 0.298 e. The third-order valence-electron chi connectivity index (χ3n) is 2.24. The van der Waals surface area contributed by atoms with Crippen LogP contribution in [0.2, 0.25) is 10.0 Å². The molecule has 3 heteroatoms. The van der Waals surface area contributed by atoms with Gasteiger partial charge in [-0.15, -0.1) is 0 Å². The Labute approximate surface area is 87.7 Å². The van der Waals surface area contributed by atoms with E-state index in [2.05, 4.69) is 0 Å². The van der Waals surface area contributed by atoms with E-state index in [1.165, 1.54) is 0 Å². The van der Waals surface area contributed by atoms with Crippen molar-refractivity contribution < 1.29 is 4.79 Å². The van der Waals surface area contributed by atoms with Crippen molar-refractivity contribution in [3.8, 4) is 0 Å². The van der Waals surface area contributed by atoms with Gasteiger partial charge >= 0.3 is 0 Å². The predicted molar refractivity (Wildman–Crippen MR) is 56.1 cm³/mol. The first-order chi connectivity index (χ1) is 6.00. The lowest BCUT2D eigenvalue weighted by Gasteiger charge is -2.11. The van der Waals surface area contributed by atoms with Crippen LogP contribution in [0.25, 0.3) is 0 Å². The van der Waals surface area contributed by atoms with Gasteiger partial charge in [0.15, 0.2) is 6.29 Å². The molecule has 1 rings (SSSR count). The molecule has 1 aromatic rings. The third-order valence-corrected chi connectivity index (χ3v) is 3.38. The van der Waals surface area contributed by atoms with E-state index in [1.807, 2.05) is 20.8 Å². The zero-order valence-electron chi connectivity index (χ0n) is 7.74. The first kappa shape index (κ1) is 10.6. The van der Waals surface area contributed by atoms with Crippen molar-refractivity contribution >= 4 is 29.5 Å². The van der Waals surface area contributed by atoms with E-state index in [0.717, 1.165) is 23.0 Å². The summed E-state index contributed by atoms with van der Waals surface area (Å²) in [5.74, 6) is 0. The zero-order chi connectivity index (χ0) is 10.2. The topological polar surface area (TPSA) is 17.1 Å². The maximum atomic E-state index is 10.7. The fraction of sp³-hybridized carbons (Fsp3) is 0.300. The molecule has 0 aliphatic rings. The molecule has 13 heavy (non-hydrogen) atoms. The van der Waals surface area contributed by atoms with Crippen LogP contribution in [0.3, 0.4) is 0 Å². The number of carbonyl (C=O) groups excluding carboxylic acids is 1. The predicted octanol–water partition coefficient (Wildman–Crippen LogP) is 3.73. The molecule has 1 nitrogen and oxygen atoms in total. The standard InChI is InChI=1S/C10H10Cl2O/c1-5-8(4-13)6(2)10(12)7(3)9(5)11/h4H,1-3H3. The Balaban J connectivity index is 3.66. The number of halogens is 2. The second-order valence-electron chi connectivity index (χ2n) is 3.03. The van der Waals surface area contributed by atoms with Gasteiger partial charge in [0, 0.05) is 15.6 Å². The normalized spacial score (nSPS) is 10.2. The Hall–Kier alpha value is -0.530. The molecule has 0 unspecified atom stereocenters. The highest BCUT2D eigenvalue weighted by molar-refractivity contribution is 6.37. The van der Waals surface area contributed by atoms with E-state index >= 15 is 0 Å². The van der Waals surface area contributed by atoms with E-state index in [-0.39, 0.29) is 0 Å². The van der Waals surface area contributed by atoms with Gasteiger partial charge in [0.05, 0.1) is 0 Å². The molecule has 0 radical (unpaired) electrons. The summed E-state index contributed by atoms with van der Waals surface area (Å²) in [6.45, 7) is 5.49. The van der Waals surface area contributed by atoms with Crippen LogP contribution in [0.4, 0.5) is 0 Å². The van der Waals surface area contributed by atoms with Gasteiger partial charge in [-0.2, -0.15) is 0 Å². The molecule has 0 atom stereocenters. The van der Waals surface area contributed by atoms with Crippen molar-refractivity contribution in [1.82, 2.24) is 0 Å². The summed E-state index contributed by atoms with van der Waals surface area (Å²) in [5, 5.41) is 1.16. The molecule has 0 spiro atoms. The molecule has 0 N–H and O–H groups in total. The SMILES string of the molecule is Cc1c(Cl)c(C)c(C=O)c(C)c1Cl. The fourth-order valence-corrected chi connectivity index (χ4v) is 1.79. The van der Waals surface area contributed by atoms with Gasteiger partial charge in [-0.05, 0) is 37.5 Å². The van der Waals surface area contributed by atoms with Crippen LogP contribution in [0, 0.1) is 20.8 Å². The number of hydrogen-bond donors (Lipinski definition) is 0. The molecule has 0 heterocycles. The number of benzene rings is 1. The average Bonchev–Trinajstić information content (AvgIpc) is 2.13. The van der Waals surface area contributed by atoms with E-state index < -0.39 is 0 Å². The Morgan fingerprint density at radius 1 is 0.923 bits per heavy atom. The monoisotopic (exact) mass is 216 g/mol. The molecule has 0 aliphatic heterocycles. The van der Waals surface area contributed by atoms with Crippen LogP contribution in [-0.4, -0.2) is 6.29 Å². The van der Waals surface area contributed by atoms with Crippen molar-refractivity contribution in [2.24, 2.45) is 0 Å². The minimum absolute atomic E-state index is 0.581. The van der Waals surface area contributed by atoms with Crippen LogP contribution >= 0.6 is 23.2 Å². The van der Waals surface area contributed by atoms with E-state index in [9.17, 15) is 4.79 Å². The Kier molecular flexibility index (Phi) is 2.99. The minimum Gasteiger partial charge on any atom is -0.298 e. The lowest BCUT2D eigenvalue weighted by molar-refractivity contribution is 0.112. The summed E-state index contributed by atoms with van der Waals surface area (Å²) >= 11 is 12.0. The van der Waals surface area contributed by atoms with Gasteiger partial charge in [-0.25, -0.2) is 0 Å². The van der Waals surface area contributed by atoms with Crippen molar-refractivity contribution in [3.63, 3.8) is 0 Å². The maximum absolute atomic E-state index is 10.7. The molecular formula is C10H10Cl2O. The quantitative estimate of drug-likeness (QED) is 0.655. The fourth-order valence-electron chi connectivity index (χ4n) is 1.35. The lowest BCUT2D eigenvalue weighted by atomic mass is 10.0. The van der Waals surface area contributed by atoms with Gasteiger partial charge in [0.1, 0.15) is 0 Å². The second kappa shape index (κ2) is 3.69. The summed E-state index contributed by atoms with van der Waals surface area (Å²) in [4.78, 5) is 10.7. The molecule has 70 valence electrons. The van der Waals surface area contributed by atoms with Crippen LogP contribution in [0.15, 0.2) is 0 Å². The van der Waals surface area contributed by atoms with Crippen molar-refractivity contribution in [1.29, 1.82) is 0 Å². The van der Waals surface area contributed by atoms with Gasteiger partial charge in [0.25, 0.3) is 0 Å². The molecule has 0 saturated heterocycles. The highest BCUT2D eigenvalue weighted by Crippen LogP contribution is 2.32. The van der Waals surface area contributed by atoms with Crippen LogP contribution < -0.4 is 0 Å². The summed E-state index contributed by atoms with van der Waals surface area (Å²) in [7, 11) is 0. The lowest BCUT2D eigenvalue weighted by Crippen LogP contribution is -1.96. The first-order valence-electron chi connectivity index (χ1n) is 3.90. The number of hydrogen-bond acceptors (Lipinski definition) is 1. The van der Waals surface area contributed by atoms with Crippen molar-refractivity contribution in [2.75, 3.05) is 0 Å². The molecule has 0 aromatic heterocycles. The molecule has 1 aromatic carbocycles. The van der Waals surface area contributed by atoms with E-state index in [0.29, 0.717) is 15.6 Å². The Bertz CT molecular complexity index is 341. The maximum Gasteiger partial charge on any atom is 0.150 e. The van der Waals surface area contributed by atoms with Crippen molar-refractivity contribution in [3.05, 3.63) is 32.3 Å². The van der Waals surface area contributed by atoms with Gasteiger partial charge in [-0.3, -0.25) is 4.79 Å². The second-order valence-corrected chi connectivity index (χ2v) is 3.79. The van der Waals surface area contributed by atoms with E-state index in [4.69, 9.17) is 23.2 Å². The summed E-state index contributed by atoms with van der Waals surface area (Å²) in [6.07, 6.45) is 0.794. The molecule has 0 amide bonds.